The van der Waals surface area contributed by atoms with Crippen molar-refractivity contribution in [2.45, 2.75) is 44.4 Å². The fourth-order valence-corrected chi connectivity index (χ4v) is 3.01. The molecule has 1 unspecified atom stereocenters. The van der Waals surface area contributed by atoms with Gasteiger partial charge >= 0.3 is 0 Å². The molecule has 0 nitrogen and oxygen atoms in total. The zero-order valence-corrected chi connectivity index (χ0v) is 14.7. The Kier molecular flexibility index (Phi) is 4.88. The van der Waals surface area contributed by atoms with Gasteiger partial charge in [0.05, 0.1) is 4.83 Å². The summed E-state index contributed by atoms with van der Waals surface area (Å²) in [4.78, 5) is -0.115. The van der Waals surface area contributed by atoms with Crippen molar-refractivity contribution in [3.8, 4) is 0 Å². The summed E-state index contributed by atoms with van der Waals surface area (Å²) in [7, 11) is 0. The Labute approximate surface area is 135 Å². The molecule has 0 N–H and O–H groups in total. The van der Waals surface area contributed by atoms with Gasteiger partial charge in [-0.05, 0) is 35.4 Å². The summed E-state index contributed by atoms with van der Waals surface area (Å²) in [6, 6.07) is 14.0. The molecule has 0 aliphatic carbocycles. The second-order valence-electron chi connectivity index (χ2n) is 6.20. The molecule has 2 aromatic carbocycles. The molecule has 0 aliphatic rings. The lowest BCUT2D eigenvalue weighted by molar-refractivity contribution is 0.506. The minimum Gasteiger partial charge on any atom is -0.206 e. The van der Waals surface area contributed by atoms with E-state index in [9.17, 15) is 4.39 Å². The highest BCUT2D eigenvalue weighted by atomic mass is 79.9. The first-order valence-corrected chi connectivity index (χ1v) is 8.28. The quantitative estimate of drug-likeness (QED) is 0.568. The third kappa shape index (κ3) is 3.37. The molecule has 0 spiro atoms. The van der Waals surface area contributed by atoms with Crippen molar-refractivity contribution in [3.05, 3.63) is 70.5 Å². The zero-order valence-electron chi connectivity index (χ0n) is 13.1. The number of hydrogen-bond acceptors (Lipinski definition) is 0. The van der Waals surface area contributed by atoms with E-state index < -0.39 is 0 Å². The van der Waals surface area contributed by atoms with E-state index >= 15 is 0 Å². The van der Waals surface area contributed by atoms with Crippen LogP contribution >= 0.6 is 15.9 Å². The first-order valence-electron chi connectivity index (χ1n) is 7.36. The van der Waals surface area contributed by atoms with Gasteiger partial charge in [0.25, 0.3) is 0 Å². The maximum Gasteiger partial charge on any atom is 0.130 e. The van der Waals surface area contributed by atoms with Gasteiger partial charge in [0, 0.05) is 5.56 Å². The van der Waals surface area contributed by atoms with E-state index in [1.54, 1.807) is 13.0 Å². The third-order valence-electron chi connectivity index (χ3n) is 4.36. The van der Waals surface area contributed by atoms with Gasteiger partial charge in [0.1, 0.15) is 5.82 Å². The second-order valence-corrected chi connectivity index (χ2v) is 7.12. The number of hydrogen-bond donors (Lipinski definition) is 0. The van der Waals surface area contributed by atoms with Crippen molar-refractivity contribution >= 4 is 15.9 Å². The lowest BCUT2D eigenvalue weighted by atomic mass is 9.82. The molecule has 0 bridgehead atoms. The lowest BCUT2D eigenvalue weighted by Gasteiger charge is -2.24. The highest BCUT2D eigenvalue weighted by Crippen LogP contribution is 2.35. The summed E-state index contributed by atoms with van der Waals surface area (Å²) >= 11 is 3.63. The molecule has 0 radical (unpaired) electrons. The van der Waals surface area contributed by atoms with Crippen LogP contribution in [0.1, 0.15) is 54.3 Å². The van der Waals surface area contributed by atoms with Gasteiger partial charge in [-0.3, -0.25) is 0 Å². The van der Waals surface area contributed by atoms with Crippen LogP contribution in [0.15, 0.2) is 42.5 Å². The summed E-state index contributed by atoms with van der Waals surface area (Å²) in [6.07, 6.45) is 1.09. The molecule has 112 valence electrons. The van der Waals surface area contributed by atoms with E-state index in [2.05, 4.69) is 61.0 Å². The van der Waals surface area contributed by atoms with Crippen molar-refractivity contribution < 1.29 is 4.39 Å². The second kappa shape index (κ2) is 6.31. The summed E-state index contributed by atoms with van der Waals surface area (Å²) in [5.74, 6) is -0.127. The molecule has 0 aliphatic heterocycles. The maximum atomic E-state index is 14.2. The van der Waals surface area contributed by atoms with E-state index in [-0.39, 0.29) is 16.1 Å². The van der Waals surface area contributed by atoms with Crippen LogP contribution in [0.25, 0.3) is 0 Å². The highest BCUT2D eigenvalue weighted by molar-refractivity contribution is 9.09. The monoisotopic (exact) mass is 348 g/mol. The predicted molar refractivity (Wildman–Crippen MR) is 91.7 cm³/mol. The van der Waals surface area contributed by atoms with Crippen LogP contribution in [0.2, 0.25) is 0 Å². The maximum absolute atomic E-state index is 14.2. The van der Waals surface area contributed by atoms with Crippen LogP contribution in [0.4, 0.5) is 4.39 Å². The molecule has 0 saturated heterocycles. The van der Waals surface area contributed by atoms with Gasteiger partial charge in [-0.1, -0.05) is 79.2 Å². The predicted octanol–water partition coefficient (Wildman–Crippen LogP) is 6.31. The normalized spacial score (nSPS) is 13.2. The minimum absolute atomic E-state index is 0.115. The Balaban J connectivity index is 2.32. The van der Waals surface area contributed by atoms with E-state index in [1.807, 2.05) is 12.1 Å². The fraction of sp³-hybridized carbons (Fsp3) is 0.368. The van der Waals surface area contributed by atoms with Crippen LogP contribution in [0.3, 0.4) is 0 Å². The van der Waals surface area contributed by atoms with Crippen LogP contribution in [-0.2, 0) is 5.41 Å². The molecule has 21 heavy (non-hydrogen) atoms. The Hall–Kier alpha value is -1.15. The molecule has 2 rings (SSSR count). The van der Waals surface area contributed by atoms with Gasteiger partial charge < -0.3 is 0 Å². The standard InChI is InChI=1S/C19H22BrF/c1-5-19(3,4)15-11-9-14(10-12-15)17(20)16-8-6-7-13(2)18(16)21/h6-12,17H,5H2,1-4H3. The van der Waals surface area contributed by atoms with E-state index in [0.29, 0.717) is 11.1 Å². The number of halogens is 2. The van der Waals surface area contributed by atoms with Gasteiger partial charge in [0.15, 0.2) is 0 Å². The Morgan fingerprint density at radius 2 is 1.71 bits per heavy atom. The highest BCUT2D eigenvalue weighted by Gasteiger charge is 2.20. The van der Waals surface area contributed by atoms with Gasteiger partial charge in [0.2, 0.25) is 0 Å². The summed E-state index contributed by atoms with van der Waals surface area (Å²) in [5, 5.41) is 0. The fourth-order valence-electron chi connectivity index (χ4n) is 2.35. The molecule has 0 aromatic heterocycles. The Morgan fingerprint density at radius 3 is 2.29 bits per heavy atom. The van der Waals surface area contributed by atoms with E-state index in [4.69, 9.17) is 0 Å². The van der Waals surface area contributed by atoms with Crippen LogP contribution < -0.4 is 0 Å². The van der Waals surface area contributed by atoms with Crippen LogP contribution in [-0.4, -0.2) is 0 Å². The molecular weight excluding hydrogens is 327 g/mol. The SMILES string of the molecule is CCC(C)(C)c1ccc(C(Br)c2cccc(C)c2F)cc1. The molecule has 1 atom stereocenters. The summed E-state index contributed by atoms with van der Waals surface area (Å²) in [6.45, 7) is 8.48. The molecule has 0 amide bonds. The van der Waals surface area contributed by atoms with Gasteiger partial charge in [-0.15, -0.1) is 0 Å². The number of rotatable bonds is 4. The van der Waals surface area contributed by atoms with Crippen LogP contribution in [0.5, 0.6) is 0 Å². The van der Waals surface area contributed by atoms with Gasteiger partial charge in [-0.25, -0.2) is 4.39 Å². The van der Waals surface area contributed by atoms with Crippen molar-refractivity contribution in [2.24, 2.45) is 0 Å². The van der Waals surface area contributed by atoms with Crippen molar-refractivity contribution in [2.75, 3.05) is 0 Å². The topological polar surface area (TPSA) is 0 Å². The first-order chi connectivity index (χ1) is 9.86. The van der Waals surface area contributed by atoms with E-state index in [1.165, 1.54) is 5.56 Å². The Morgan fingerprint density at radius 1 is 1.10 bits per heavy atom. The van der Waals surface area contributed by atoms with E-state index in [0.717, 1.165) is 12.0 Å². The molecule has 0 fully saturated rings. The zero-order chi connectivity index (χ0) is 15.6. The number of benzene rings is 2. The summed E-state index contributed by atoms with van der Waals surface area (Å²) < 4.78 is 14.2. The lowest BCUT2D eigenvalue weighted by Crippen LogP contribution is -2.15. The van der Waals surface area contributed by atoms with Crippen molar-refractivity contribution in [3.63, 3.8) is 0 Å². The average Bonchev–Trinajstić information content (AvgIpc) is 2.49. The largest absolute Gasteiger partial charge is 0.206 e. The van der Waals surface area contributed by atoms with Crippen molar-refractivity contribution in [1.82, 2.24) is 0 Å². The third-order valence-corrected chi connectivity index (χ3v) is 5.39. The van der Waals surface area contributed by atoms with Crippen LogP contribution in [0, 0.1) is 12.7 Å². The first kappa shape index (κ1) is 16.2. The van der Waals surface area contributed by atoms with Crippen molar-refractivity contribution in [1.29, 1.82) is 0 Å². The average molecular weight is 349 g/mol. The summed E-state index contributed by atoms with van der Waals surface area (Å²) in [5.41, 5.74) is 3.95. The molecule has 2 heteroatoms. The molecular formula is C19H22BrF. The molecule has 2 aromatic rings. The Bertz CT molecular complexity index is 614. The molecule has 0 heterocycles. The van der Waals surface area contributed by atoms with Gasteiger partial charge in [-0.2, -0.15) is 0 Å². The minimum atomic E-state index is -0.127. The molecule has 0 saturated carbocycles. The number of aryl methyl sites for hydroxylation is 1. The smallest absolute Gasteiger partial charge is 0.130 e. The number of alkyl halides is 1.